The summed E-state index contributed by atoms with van der Waals surface area (Å²) in [7, 11) is 2.02. The smallest absolute Gasteiger partial charge is 0.239 e. The summed E-state index contributed by atoms with van der Waals surface area (Å²) in [5, 5.41) is 0. The average Bonchev–Trinajstić information content (AvgIpc) is 2.30. The Morgan fingerprint density at radius 3 is 2.88 bits per heavy atom. The van der Waals surface area contributed by atoms with E-state index in [-0.39, 0.29) is 0 Å². The summed E-state index contributed by atoms with van der Waals surface area (Å²) >= 11 is 3.43. The molecule has 0 aliphatic heterocycles. The first-order valence-electron chi connectivity index (χ1n) is 5.39. The zero-order valence-electron chi connectivity index (χ0n) is 9.70. The Kier molecular flexibility index (Phi) is 5.48. The molecule has 0 fully saturated rings. The third-order valence-electron chi connectivity index (χ3n) is 2.31. The van der Waals surface area contributed by atoms with E-state index in [9.17, 15) is 0 Å². The molecule has 90 valence electrons. The van der Waals surface area contributed by atoms with Gasteiger partial charge in [-0.3, -0.25) is 5.43 Å². The first kappa shape index (κ1) is 13.2. The van der Waals surface area contributed by atoms with Gasteiger partial charge >= 0.3 is 0 Å². The minimum atomic E-state index is 0.431. The third kappa shape index (κ3) is 3.61. The number of nitrogens with one attached hydrogen (secondary N) is 1. The largest absolute Gasteiger partial charge is 0.359 e. The standard InChI is InChI=1S/C10H18BrN5/c1-3-4-5-6-16(2)9-8(11)7-13-10(14-9)15-12/h7H,3-6,12H2,1-2H3,(H,13,14,15). The Morgan fingerprint density at radius 1 is 1.50 bits per heavy atom. The maximum Gasteiger partial charge on any atom is 0.239 e. The monoisotopic (exact) mass is 287 g/mol. The first-order chi connectivity index (χ1) is 7.69. The van der Waals surface area contributed by atoms with E-state index in [2.05, 4.69) is 43.1 Å². The van der Waals surface area contributed by atoms with Crippen LogP contribution in [0.1, 0.15) is 26.2 Å². The van der Waals surface area contributed by atoms with Gasteiger partial charge in [0.1, 0.15) is 5.82 Å². The van der Waals surface area contributed by atoms with Gasteiger partial charge < -0.3 is 4.90 Å². The van der Waals surface area contributed by atoms with Gasteiger partial charge in [0.05, 0.1) is 4.47 Å². The van der Waals surface area contributed by atoms with Gasteiger partial charge in [0, 0.05) is 19.8 Å². The lowest BCUT2D eigenvalue weighted by molar-refractivity contribution is 0.700. The van der Waals surface area contributed by atoms with Crippen LogP contribution in [0.3, 0.4) is 0 Å². The molecule has 0 spiro atoms. The summed E-state index contributed by atoms with van der Waals surface area (Å²) < 4.78 is 0.880. The fraction of sp³-hybridized carbons (Fsp3) is 0.600. The van der Waals surface area contributed by atoms with Crippen molar-refractivity contribution in [1.29, 1.82) is 0 Å². The molecular formula is C10H18BrN5. The fourth-order valence-corrected chi connectivity index (χ4v) is 1.89. The number of hydrazine groups is 1. The van der Waals surface area contributed by atoms with Gasteiger partial charge in [-0.2, -0.15) is 4.98 Å². The lowest BCUT2D eigenvalue weighted by atomic mass is 10.2. The third-order valence-corrected chi connectivity index (χ3v) is 2.87. The average molecular weight is 288 g/mol. The molecule has 5 nitrogen and oxygen atoms in total. The van der Waals surface area contributed by atoms with Gasteiger partial charge in [0.2, 0.25) is 5.95 Å². The molecule has 0 saturated heterocycles. The number of hydrogen-bond donors (Lipinski definition) is 2. The highest BCUT2D eigenvalue weighted by Crippen LogP contribution is 2.23. The molecule has 1 aromatic heterocycles. The van der Waals surface area contributed by atoms with E-state index in [1.54, 1.807) is 6.20 Å². The Hall–Kier alpha value is -0.880. The van der Waals surface area contributed by atoms with Crippen molar-refractivity contribution >= 4 is 27.7 Å². The van der Waals surface area contributed by atoms with Crippen molar-refractivity contribution < 1.29 is 0 Å². The van der Waals surface area contributed by atoms with Crippen LogP contribution in [0.2, 0.25) is 0 Å². The van der Waals surface area contributed by atoms with Crippen molar-refractivity contribution in [2.75, 3.05) is 23.9 Å². The predicted molar refractivity (Wildman–Crippen MR) is 70.3 cm³/mol. The number of nitrogens with two attached hydrogens (primary N) is 1. The fourth-order valence-electron chi connectivity index (χ4n) is 1.40. The highest BCUT2D eigenvalue weighted by molar-refractivity contribution is 9.10. The van der Waals surface area contributed by atoms with Crippen molar-refractivity contribution in [3.8, 4) is 0 Å². The number of nitrogens with zero attached hydrogens (tertiary/aromatic N) is 3. The zero-order valence-corrected chi connectivity index (χ0v) is 11.3. The van der Waals surface area contributed by atoms with Gasteiger partial charge in [-0.25, -0.2) is 10.8 Å². The molecule has 0 atom stereocenters. The molecule has 3 N–H and O–H groups in total. The Morgan fingerprint density at radius 2 is 2.25 bits per heavy atom. The van der Waals surface area contributed by atoms with Crippen LogP contribution in [-0.2, 0) is 0 Å². The number of halogens is 1. The van der Waals surface area contributed by atoms with E-state index < -0.39 is 0 Å². The van der Waals surface area contributed by atoms with Crippen LogP contribution in [0.4, 0.5) is 11.8 Å². The second kappa shape index (κ2) is 6.65. The number of rotatable bonds is 6. The van der Waals surface area contributed by atoms with Crippen molar-refractivity contribution in [2.24, 2.45) is 5.84 Å². The van der Waals surface area contributed by atoms with Crippen molar-refractivity contribution in [3.63, 3.8) is 0 Å². The van der Waals surface area contributed by atoms with E-state index in [1.165, 1.54) is 12.8 Å². The molecule has 16 heavy (non-hydrogen) atoms. The molecule has 0 bridgehead atoms. The molecule has 0 amide bonds. The van der Waals surface area contributed by atoms with Crippen molar-refractivity contribution in [3.05, 3.63) is 10.7 Å². The highest BCUT2D eigenvalue weighted by Gasteiger charge is 2.08. The van der Waals surface area contributed by atoms with Crippen molar-refractivity contribution in [2.45, 2.75) is 26.2 Å². The number of unbranched alkanes of at least 4 members (excludes halogenated alkanes) is 2. The Labute approximate surface area is 105 Å². The van der Waals surface area contributed by atoms with Crippen LogP contribution in [0, 0.1) is 0 Å². The second-order valence-electron chi connectivity index (χ2n) is 3.64. The van der Waals surface area contributed by atoms with Gasteiger partial charge in [0.25, 0.3) is 0 Å². The molecular weight excluding hydrogens is 270 g/mol. The van der Waals surface area contributed by atoms with Crippen LogP contribution < -0.4 is 16.2 Å². The van der Waals surface area contributed by atoms with Gasteiger partial charge in [-0.1, -0.05) is 19.8 Å². The molecule has 6 heteroatoms. The normalized spacial score (nSPS) is 10.2. The quantitative estimate of drug-likeness (QED) is 0.477. The summed E-state index contributed by atoms with van der Waals surface area (Å²) in [5.41, 5.74) is 2.45. The predicted octanol–water partition coefficient (Wildman–Crippen LogP) is 2.15. The number of anilines is 2. The van der Waals surface area contributed by atoms with Crippen molar-refractivity contribution in [1.82, 2.24) is 9.97 Å². The number of hydrogen-bond acceptors (Lipinski definition) is 5. The van der Waals surface area contributed by atoms with E-state index in [0.717, 1.165) is 23.3 Å². The van der Waals surface area contributed by atoms with E-state index in [0.29, 0.717) is 5.95 Å². The SMILES string of the molecule is CCCCCN(C)c1nc(NN)ncc1Br. The maximum atomic E-state index is 5.28. The van der Waals surface area contributed by atoms with Gasteiger partial charge in [0.15, 0.2) is 0 Å². The van der Waals surface area contributed by atoms with Crippen LogP contribution in [-0.4, -0.2) is 23.6 Å². The molecule has 1 aromatic rings. The molecule has 0 aromatic carbocycles. The molecule has 1 heterocycles. The summed E-state index contributed by atoms with van der Waals surface area (Å²) in [5.74, 6) is 6.57. The summed E-state index contributed by atoms with van der Waals surface area (Å²) in [6, 6.07) is 0. The summed E-state index contributed by atoms with van der Waals surface area (Å²) in [6.45, 7) is 3.17. The minimum absolute atomic E-state index is 0.431. The first-order valence-corrected chi connectivity index (χ1v) is 6.18. The summed E-state index contributed by atoms with van der Waals surface area (Å²) in [4.78, 5) is 10.4. The van der Waals surface area contributed by atoms with Crippen LogP contribution in [0.15, 0.2) is 10.7 Å². The van der Waals surface area contributed by atoms with Crippen LogP contribution in [0.5, 0.6) is 0 Å². The lowest BCUT2D eigenvalue weighted by Crippen LogP contribution is -2.21. The maximum absolute atomic E-state index is 5.28. The van der Waals surface area contributed by atoms with E-state index >= 15 is 0 Å². The highest BCUT2D eigenvalue weighted by atomic mass is 79.9. The molecule has 1 rings (SSSR count). The Balaban J connectivity index is 2.69. The molecule has 0 aliphatic rings. The van der Waals surface area contributed by atoms with Gasteiger partial charge in [-0.05, 0) is 22.4 Å². The van der Waals surface area contributed by atoms with Crippen LogP contribution in [0.25, 0.3) is 0 Å². The Bertz CT molecular complexity index is 331. The minimum Gasteiger partial charge on any atom is -0.359 e. The molecule has 0 radical (unpaired) electrons. The topological polar surface area (TPSA) is 67.1 Å². The zero-order chi connectivity index (χ0) is 12.0. The number of nitrogen functional groups attached to an aromatic ring is 1. The molecule has 0 unspecified atom stereocenters. The second-order valence-corrected chi connectivity index (χ2v) is 4.49. The number of aromatic nitrogens is 2. The molecule has 0 aliphatic carbocycles. The molecule has 0 saturated carbocycles. The van der Waals surface area contributed by atoms with Gasteiger partial charge in [-0.15, -0.1) is 0 Å². The van der Waals surface area contributed by atoms with E-state index in [1.807, 2.05) is 7.05 Å². The lowest BCUT2D eigenvalue weighted by Gasteiger charge is -2.19. The summed E-state index contributed by atoms with van der Waals surface area (Å²) in [6.07, 6.45) is 5.31. The van der Waals surface area contributed by atoms with E-state index in [4.69, 9.17) is 5.84 Å². The van der Waals surface area contributed by atoms with Crippen LogP contribution >= 0.6 is 15.9 Å².